The third-order valence-corrected chi connectivity index (χ3v) is 4.61. The molecule has 2 rings (SSSR count). The average molecular weight is 434 g/mol. The molecule has 2 unspecified atom stereocenters. The molecule has 1 heterocycles. The van der Waals surface area contributed by atoms with Crippen LogP contribution in [0.3, 0.4) is 0 Å². The number of ether oxygens (including phenoxy) is 2. The van der Waals surface area contributed by atoms with Gasteiger partial charge in [-0.25, -0.2) is 9.59 Å². The summed E-state index contributed by atoms with van der Waals surface area (Å²) in [7, 11) is 0. The lowest BCUT2D eigenvalue weighted by Crippen LogP contribution is -2.33. The van der Waals surface area contributed by atoms with E-state index in [1.165, 1.54) is 25.1 Å². The minimum atomic E-state index is -0.982. The van der Waals surface area contributed by atoms with Gasteiger partial charge in [0.25, 0.3) is 5.69 Å². The number of esters is 2. The first-order chi connectivity index (χ1) is 14.7. The van der Waals surface area contributed by atoms with Crippen molar-refractivity contribution in [2.75, 3.05) is 19.8 Å². The summed E-state index contributed by atoms with van der Waals surface area (Å²) in [6.07, 6.45) is -0.650. The molecule has 2 atom stereocenters. The number of rotatable bonds is 9. The number of nitrogens with zero attached hydrogens (tertiary/aromatic N) is 1. The Morgan fingerprint density at radius 3 is 2.35 bits per heavy atom. The number of nitrogens with one attached hydrogen (secondary N) is 1. The van der Waals surface area contributed by atoms with Crippen LogP contribution in [-0.4, -0.2) is 53.0 Å². The predicted octanol–water partition coefficient (Wildman–Crippen LogP) is 1.68. The Hall–Kier alpha value is -3.24. The molecule has 1 aromatic rings. The molecule has 3 N–H and O–H groups in total. The van der Waals surface area contributed by atoms with Crippen LogP contribution in [-0.2, 0) is 19.1 Å². The maximum absolute atomic E-state index is 12.9. The van der Waals surface area contributed by atoms with Crippen LogP contribution in [0.2, 0.25) is 0 Å². The van der Waals surface area contributed by atoms with E-state index in [2.05, 4.69) is 5.32 Å². The highest BCUT2D eigenvalue weighted by Gasteiger charge is 2.38. The molecular formula is C21H26N2O8. The number of non-ortho nitro benzene ring substituents is 1. The number of nitro benzene ring substituents is 1. The summed E-state index contributed by atoms with van der Waals surface area (Å²) in [5, 5.41) is 32.6. The highest BCUT2D eigenvalue weighted by molar-refractivity contribution is 6.00. The van der Waals surface area contributed by atoms with E-state index in [0.717, 1.165) is 0 Å². The van der Waals surface area contributed by atoms with Crippen LogP contribution in [0, 0.1) is 10.1 Å². The van der Waals surface area contributed by atoms with E-state index in [1.54, 1.807) is 19.9 Å². The largest absolute Gasteiger partial charge is 0.462 e. The molecule has 0 bridgehead atoms. The second-order valence-electron chi connectivity index (χ2n) is 7.15. The summed E-state index contributed by atoms with van der Waals surface area (Å²) < 4.78 is 10.4. The maximum Gasteiger partial charge on any atom is 0.336 e. The van der Waals surface area contributed by atoms with Crippen molar-refractivity contribution in [2.45, 2.75) is 39.2 Å². The first-order valence-electron chi connectivity index (χ1n) is 9.73. The molecule has 0 spiro atoms. The lowest BCUT2D eigenvalue weighted by Gasteiger charge is -2.30. The van der Waals surface area contributed by atoms with Crippen molar-refractivity contribution in [3.8, 4) is 0 Å². The molecule has 0 aromatic heterocycles. The Balaban J connectivity index is 2.56. The molecule has 10 heteroatoms. The van der Waals surface area contributed by atoms with Gasteiger partial charge in [-0.3, -0.25) is 10.1 Å². The van der Waals surface area contributed by atoms with Crippen molar-refractivity contribution in [3.63, 3.8) is 0 Å². The summed E-state index contributed by atoms with van der Waals surface area (Å²) in [4.78, 5) is 36.5. The zero-order valence-corrected chi connectivity index (χ0v) is 17.6. The Morgan fingerprint density at radius 1 is 1.19 bits per heavy atom. The van der Waals surface area contributed by atoms with Crippen molar-refractivity contribution in [1.29, 1.82) is 0 Å². The van der Waals surface area contributed by atoms with Crippen molar-refractivity contribution in [1.82, 2.24) is 5.32 Å². The summed E-state index contributed by atoms with van der Waals surface area (Å²) in [5.74, 6) is -2.47. The van der Waals surface area contributed by atoms with E-state index in [-0.39, 0.29) is 43.1 Å². The second kappa shape index (κ2) is 10.7. The number of aliphatic hydroxyl groups excluding tert-OH is 2. The zero-order valence-electron chi connectivity index (χ0n) is 17.6. The molecule has 31 heavy (non-hydrogen) atoms. The Kier molecular flexibility index (Phi) is 8.29. The van der Waals surface area contributed by atoms with Gasteiger partial charge in [0.15, 0.2) is 0 Å². The first-order valence-corrected chi connectivity index (χ1v) is 9.73. The topological polar surface area (TPSA) is 148 Å². The molecule has 1 aliphatic rings. The van der Waals surface area contributed by atoms with Gasteiger partial charge in [-0.1, -0.05) is 12.1 Å². The number of allylic oxidation sites excluding steroid dienone is 2. The molecule has 0 amide bonds. The molecule has 10 nitrogen and oxygen atoms in total. The molecular weight excluding hydrogens is 408 g/mol. The zero-order chi connectivity index (χ0) is 23.1. The van der Waals surface area contributed by atoms with E-state index in [1.807, 2.05) is 0 Å². The van der Waals surface area contributed by atoms with Crippen LogP contribution in [0.15, 0.2) is 46.8 Å². The fourth-order valence-electron chi connectivity index (χ4n) is 3.27. The van der Waals surface area contributed by atoms with Gasteiger partial charge < -0.3 is 25.0 Å². The van der Waals surface area contributed by atoms with Gasteiger partial charge in [-0.2, -0.15) is 0 Å². The highest BCUT2D eigenvalue weighted by Crippen LogP contribution is 2.40. The Morgan fingerprint density at radius 2 is 1.81 bits per heavy atom. The second-order valence-corrected chi connectivity index (χ2v) is 7.15. The average Bonchev–Trinajstić information content (AvgIpc) is 2.71. The molecule has 0 fully saturated rings. The van der Waals surface area contributed by atoms with E-state index >= 15 is 0 Å². The first kappa shape index (κ1) is 24.0. The van der Waals surface area contributed by atoms with Crippen molar-refractivity contribution < 1.29 is 34.2 Å². The number of carbonyl (C=O) groups excluding carboxylic acids is 2. The number of aliphatic hydroxyl groups is 2. The lowest BCUT2D eigenvalue weighted by molar-refractivity contribution is -0.384. The number of benzene rings is 1. The van der Waals surface area contributed by atoms with Gasteiger partial charge in [0.1, 0.15) is 6.61 Å². The Bertz CT molecular complexity index is 920. The van der Waals surface area contributed by atoms with Crippen LogP contribution in [0.1, 0.15) is 38.7 Å². The third kappa shape index (κ3) is 5.89. The van der Waals surface area contributed by atoms with Crippen LogP contribution in [0.4, 0.5) is 5.69 Å². The number of hydrogen-bond donors (Lipinski definition) is 3. The van der Waals surface area contributed by atoms with Crippen molar-refractivity contribution in [3.05, 3.63) is 62.5 Å². The quantitative estimate of drug-likeness (QED) is 0.228. The van der Waals surface area contributed by atoms with E-state index in [0.29, 0.717) is 17.0 Å². The summed E-state index contributed by atoms with van der Waals surface area (Å²) in [5.41, 5.74) is 1.17. The molecule has 0 saturated heterocycles. The summed E-state index contributed by atoms with van der Waals surface area (Å²) in [6, 6.07) is 5.64. The van der Waals surface area contributed by atoms with Crippen LogP contribution in [0.5, 0.6) is 0 Å². The summed E-state index contributed by atoms with van der Waals surface area (Å²) in [6.45, 7) is 4.27. The van der Waals surface area contributed by atoms with Crippen LogP contribution >= 0.6 is 0 Å². The molecule has 0 radical (unpaired) electrons. The van der Waals surface area contributed by atoms with Crippen molar-refractivity contribution in [2.24, 2.45) is 0 Å². The normalized spacial score (nSPS) is 17.1. The number of dihydropyridines is 1. The minimum Gasteiger partial charge on any atom is -0.462 e. The minimum absolute atomic E-state index is 0.0295. The maximum atomic E-state index is 12.9. The van der Waals surface area contributed by atoms with Crippen molar-refractivity contribution >= 4 is 17.6 Å². The molecule has 1 aliphatic heterocycles. The summed E-state index contributed by atoms with van der Waals surface area (Å²) >= 11 is 0. The molecule has 168 valence electrons. The van der Waals surface area contributed by atoms with E-state index in [4.69, 9.17) is 14.6 Å². The molecule has 1 aromatic carbocycles. The standard InChI is InChI=1S/C21H26N2O8/c1-12(25)11-31-21(27)18-14(3)22-13(2)17(20(26)30-9-5-8-24)19(18)15-6-4-7-16(10-15)23(28)29/h4,6-7,10,12,19,22,24-25H,5,8-9,11H2,1-3H3. The van der Waals surface area contributed by atoms with Gasteiger partial charge in [0.05, 0.1) is 34.7 Å². The lowest BCUT2D eigenvalue weighted by atomic mass is 9.80. The molecule has 0 saturated carbocycles. The van der Waals surface area contributed by atoms with Crippen LogP contribution < -0.4 is 5.32 Å². The third-order valence-electron chi connectivity index (χ3n) is 4.61. The predicted molar refractivity (Wildman–Crippen MR) is 110 cm³/mol. The van der Waals surface area contributed by atoms with E-state index < -0.39 is 28.9 Å². The SMILES string of the molecule is CC1=C(C(=O)OCCCO)C(c2cccc([N+](=O)[O-])c2)C(C(=O)OCC(C)O)=C(C)N1. The van der Waals surface area contributed by atoms with Gasteiger partial charge in [-0.15, -0.1) is 0 Å². The van der Waals surface area contributed by atoms with E-state index in [9.17, 15) is 24.8 Å². The highest BCUT2D eigenvalue weighted by atomic mass is 16.6. The smallest absolute Gasteiger partial charge is 0.336 e. The number of nitro groups is 1. The monoisotopic (exact) mass is 434 g/mol. The van der Waals surface area contributed by atoms with Crippen LogP contribution in [0.25, 0.3) is 0 Å². The molecule has 0 aliphatic carbocycles. The van der Waals surface area contributed by atoms with Gasteiger partial charge in [-0.05, 0) is 26.3 Å². The van der Waals surface area contributed by atoms with Gasteiger partial charge >= 0.3 is 11.9 Å². The fraction of sp³-hybridized carbons (Fsp3) is 0.429. The fourth-order valence-corrected chi connectivity index (χ4v) is 3.27. The Labute approximate surface area is 179 Å². The number of carbonyl (C=O) groups is 2. The van der Waals surface area contributed by atoms with Gasteiger partial charge in [0, 0.05) is 36.6 Å². The number of hydrogen-bond acceptors (Lipinski definition) is 9. The van der Waals surface area contributed by atoms with Gasteiger partial charge in [0.2, 0.25) is 0 Å².